The molecule has 2 aromatic heterocycles. The molecule has 0 atom stereocenters. The Bertz CT molecular complexity index is 1320. The van der Waals surface area contributed by atoms with Gasteiger partial charge in [-0.25, -0.2) is 4.98 Å². The van der Waals surface area contributed by atoms with Crippen molar-refractivity contribution in [2.75, 3.05) is 0 Å². The van der Waals surface area contributed by atoms with Crippen LogP contribution >= 0.6 is 0 Å². The van der Waals surface area contributed by atoms with Gasteiger partial charge in [-0.2, -0.15) is 0 Å². The van der Waals surface area contributed by atoms with Crippen molar-refractivity contribution >= 4 is 0 Å². The van der Waals surface area contributed by atoms with Crippen molar-refractivity contribution in [2.45, 2.75) is 13.8 Å². The van der Waals surface area contributed by atoms with Gasteiger partial charge in [0.05, 0.1) is 22.6 Å². The Morgan fingerprint density at radius 1 is 0.645 bits per heavy atom. The highest BCUT2D eigenvalue weighted by molar-refractivity contribution is 5.93. The van der Waals surface area contributed by atoms with Crippen LogP contribution < -0.4 is 0 Å². The van der Waals surface area contributed by atoms with Crippen LogP contribution in [0.4, 0.5) is 0 Å². The largest absolute Gasteiger partial charge is 0.356 e. The maximum Gasteiger partial charge on any atom is 0.169 e. The van der Waals surface area contributed by atoms with Crippen LogP contribution in [0.15, 0.2) is 102 Å². The molecule has 150 valence electrons. The van der Waals surface area contributed by atoms with Gasteiger partial charge in [0.15, 0.2) is 5.76 Å². The molecule has 0 N–H and O–H groups in total. The highest BCUT2D eigenvalue weighted by atomic mass is 16.5. The van der Waals surface area contributed by atoms with E-state index in [1.807, 2.05) is 37.3 Å². The number of rotatable bonds is 4. The van der Waals surface area contributed by atoms with Crippen LogP contribution in [0.2, 0.25) is 0 Å². The Kier molecular flexibility index (Phi) is 4.93. The van der Waals surface area contributed by atoms with Crippen LogP contribution in [0.5, 0.6) is 0 Å². The highest BCUT2D eigenvalue weighted by Gasteiger charge is 2.21. The lowest BCUT2D eigenvalue weighted by atomic mass is 9.92. The first-order valence-corrected chi connectivity index (χ1v) is 10.4. The van der Waals surface area contributed by atoms with Gasteiger partial charge in [-0.3, -0.25) is 0 Å². The summed E-state index contributed by atoms with van der Waals surface area (Å²) in [7, 11) is 0. The predicted octanol–water partition coefficient (Wildman–Crippen LogP) is 7.35. The van der Waals surface area contributed by atoms with E-state index < -0.39 is 0 Å². The lowest BCUT2D eigenvalue weighted by molar-refractivity contribution is 0.427. The molecule has 5 aromatic rings. The molecule has 3 nitrogen and oxygen atoms in total. The van der Waals surface area contributed by atoms with E-state index in [4.69, 9.17) is 9.51 Å². The molecule has 3 aromatic carbocycles. The Hall–Kier alpha value is -3.98. The van der Waals surface area contributed by atoms with E-state index in [1.165, 1.54) is 5.56 Å². The monoisotopic (exact) mass is 402 g/mol. The third-order valence-electron chi connectivity index (χ3n) is 5.37. The number of aryl methyl sites for hydroxylation is 2. The van der Waals surface area contributed by atoms with E-state index in [2.05, 4.69) is 78.8 Å². The van der Waals surface area contributed by atoms with E-state index in [0.717, 1.165) is 50.7 Å². The lowest BCUT2D eigenvalue weighted by Crippen LogP contribution is -1.96. The third-order valence-corrected chi connectivity index (χ3v) is 5.37. The Labute approximate surface area is 182 Å². The first-order chi connectivity index (χ1) is 15.2. The van der Waals surface area contributed by atoms with Gasteiger partial charge in [0.1, 0.15) is 0 Å². The van der Waals surface area contributed by atoms with Gasteiger partial charge in [0, 0.05) is 17.2 Å². The van der Waals surface area contributed by atoms with Gasteiger partial charge in [-0.15, -0.1) is 0 Å². The van der Waals surface area contributed by atoms with Gasteiger partial charge in [0.25, 0.3) is 0 Å². The molecule has 0 saturated heterocycles. The molecule has 0 aliphatic carbocycles. The molecule has 5 rings (SSSR count). The number of benzene rings is 3. The van der Waals surface area contributed by atoms with E-state index in [1.54, 1.807) is 0 Å². The van der Waals surface area contributed by atoms with Crippen molar-refractivity contribution in [3.8, 4) is 45.0 Å². The van der Waals surface area contributed by atoms with E-state index >= 15 is 0 Å². The number of pyridine rings is 1. The van der Waals surface area contributed by atoms with Gasteiger partial charge in [-0.05, 0) is 31.0 Å². The first-order valence-electron chi connectivity index (χ1n) is 10.4. The van der Waals surface area contributed by atoms with Crippen LogP contribution in [-0.4, -0.2) is 10.1 Å². The summed E-state index contributed by atoms with van der Waals surface area (Å²) < 4.78 is 5.75. The second-order valence-electron chi connectivity index (χ2n) is 7.71. The standard InChI is InChI=1S/C28H22N2O/c1-19-13-15-23(16-14-19)28-27(26-17-20(2)30-31-26)24(21-9-5-3-6-10-21)18-25(29-28)22-11-7-4-8-12-22/h3-18H,1-2H3. The molecule has 0 unspecified atom stereocenters. The van der Waals surface area contributed by atoms with E-state index in [-0.39, 0.29) is 0 Å². The third kappa shape index (κ3) is 3.78. The van der Waals surface area contributed by atoms with Crippen molar-refractivity contribution < 1.29 is 4.52 Å². The minimum atomic E-state index is 0.721. The number of hydrogen-bond donors (Lipinski definition) is 0. The SMILES string of the molecule is Cc1ccc(-c2nc(-c3ccccc3)cc(-c3ccccc3)c2-c2cc(C)no2)cc1. The molecule has 0 aliphatic rings. The van der Waals surface area contributed by atoms with Crippen molar-refractivity contribution in [3.05, 3.63) is 108 Å². The minimum absolute atomic E-state index is 0.721. The van der Waals surface area contributed by atoms with E-state index in [0.29, 0.717) is 0 Å². The Morgan fingerprint density at radius 2 is 1.29 bits per heavy atom. The molecule has 0 radical (unpaired) electrons. The molecular weight excluding hydrogens is 380 g/mol. The van der Waals surface area contributed by atoms with Crippen molar-refractivity contribution in [2.24, 2.45) is 0 Å². The predicted molar refractivity (Wildman–Crippen MR) is 126 cm³/mol. The fourth-order valence-corrected chi connectivity index (χ4v) is 3.80. The summed E-state index contributed by atoms with van der Waals surface area (Å²) >= 11 is 0. The summed E-state index contributed by atoms with van der Waals surface area (Å²) in [5.41, 5.74) is 9.12. The lowest BCUT2D eigenvalue weighted by Gasteiger charge is -2.16. The van der Waals surface area contributed by atoms with Crippen LogP contribution in [0.25, 0.3) is 45.0 Å². The van der Waals surface area contributed by atoms with E-state index in [9.17, 15) is 0 Å². The zero-order valence-electron chi connectivity index (χ0n) is 17.5. The highest BCUT2D eigenvalue weighted by Crippen LogP contribution is 2.41. The van der Waals surface area contributed by atoms with Gasteiger partial charge >= 0.3 is 0 Å². The van der Waals surface area contributed by atoms with Crippen molar-refractivity contribution in [3.63, 3.8) is 0 Å². The second kappa shape index (κ2) is 8.04. The van der Waals surface area contributed by atoms with Crippen LogP contribution in [0, 0.1) is 13.8 Å². The van der Waals surface area contributed by atoms with Crippen LogP contribution in [0.3, 0.4) is 0 Å². The van der Waals surface area contributed by atoms with Crippen molar-refractivity contribution in [1.29, 1.82) is 0 Å². The summed E-state index contributed by atoms with van der Waals surface area (Å²) in [5, 5.41) is 4.15. The first kappa shape index (κ1) is 19.0. The maximum atomic E-state index is 5.75. The second-order valence-corrected chi connectivity index (χ2v) is 7.71. The molecule has 2 heterocycles. The summed E-state index contributed by atoms with van der Waals surface area (Å²) in [4.78, 5) is 5.13. The minimum Gasteiger partial charge on any atom is -0.356 e. The normalized spacial score (nSPS) is 10.9. The molecule has 0 aliphatic heterocycles. The average molecular weight is 402 g/mol. The summed E-state index contributed by atoms with van der Waals surface area (Å²) in [6.07, 6.45) is 0. The fraction of sp³-hybridized carbons (Fsp3) is 0.0714. The van der Waals surface area contributed by atoms with Crippen LogP contribution in [-0.2, 0) is 0 Å². The maximum absolute atomic E-state index is 5.75. The Morgan fingerprint density at radius 3 is 1.90 bits per heavy atom. The molecule has 0 amide bonds. The number of aromatic nitrogens is 2. The molecule has 0 saturated carbocycles. The molecule has 0 fully saturated rings. The number of hydrogen-bond acceptors (Lipinski definition) is 3. The zero-order chi connectivity index (χ0) is 21.2. The van der Waals surface area contributed by atoms with Crippen LogP contribution in [0.1, 0.15) is 11.3 Å². The molecule has 31 heavy (non-hydrogen) atoms. The summed E-state index contributed by atoms with van der Waals surface area (Å²) in [5.74, 6) is 0.721. The molecule has 3 heteroatoms. The quantitative estimate of drug-likeness (QED) is 0.315. The smallest absolute Gasteiger partial charge is 0.169 e. The average Bonchev–Trinajstić information content (AvgIpc) is 3.26. The fourth-order valence-electron chi connectivity index (χ4n) is 3.80. The van der Waals surface area contributed by atoms with Crippen molar-refractivity contribution in [1.82, 2.24) is 10.1 Å². The Balaban J connectivity index is 1.87. The van der Waals surface area contributed by atoms with Gasteiger partial charge in [-0.1, -0.05) is 95.6 Å². The zero-order valence-corrected chi connectivity index (χ0v) is 17.5. The molecular formula is C28H22N2O. The summed E-state index contributed by atoms with van der Waals surface area (Å²) in [6.45, 7) is 4.03. The molecule has 0 spiro atoms. The summed E-state index contributed by atoms with van der Waals surface area (Å²) in [6, 6.07) is 33.3. The molecule has 0 bridgehead atoms. The van der Waals surface area contributed by atoms with Gasteiger partial charge in [0.2, 0.25) is 0 Å². The van der Waals surface area contributed by atoms with Gasteiger partial charge < -0.3 is 4.52 Å². The number of nitrogens with zero attached hydrogens (tertiary/aromatic N) is 2. The topological polar surface area (TPSA) is 38.9 Å².